The molecule has 12 amide bonds. The van der Waals surface area contributed by atoms with Crippen LogP contribution < -0.4 is 26.6 Å². The molecule has 2 saturated heterocycles. The Labute approximate surface area is 575 Å². The van der Waals surface area contributed by atoms with Gasteiger partial charge in [0.2, 0.25) is 65.0 Å². The third kappa shape index (κ3) is 24.8. The molecule has 7 N–H and O–H groups in total. The number of allylic oxidation sites excluding steroid dienone is 2. The molecule has 0 spiro atoms. The largest absolute Gasteiger partial charge is 0.449 e. The van der Waals surface area contributed by atoms with Crippen LogP contribution in [0.1, 0.15) is 156 Å². The number of thioether (sulfide) groups is 1. The van der Waals surface area contributed by atoms with Gasteiger partial charge in [-0.15, -0.1) is 0 Å². The molecule has 2 aliphatic rings. The maximum Gasteiger partial charge on any atom is 0.409 e. The van der Waals surface area contributed by atoms with Crippen molar-refractivity contribution >= 4 is 82.8 Å². The van der Waals surface area contributed by atoms with Crippen LogP contribution in [0.5, 0.6) is 0 Å². The van der Waals surface area contributed by atoms with E-state index in [2.05, 4.69) is 26.6 Å². The summed E-state index contributed by atoms with van der Waals surface area (Å²) >= 11 is 1.71. The molecule has 2 heterocycles. The van der Waals surface area contributed by atoms with Crippen LogP contribution in [0.25, 0.3) is 0 Å². The number of carbonyl (C=O) groups excluding carboxylic acids is 12. The van der Waals surface area contributed by atoms with Gasteiger partial charge in [-0.3, -0.25) is 52.7 Å². The van der Waals surface area contributed by atoms with Crippen molar-refractivity contribution in [3.8, 4) is 0 Å². The minimum atomic E-state index is -1.79. The zero-order chi connectivity index (χ0) is 73.7. The van der Waals surface area contributed by atoms with Crippen LogP contribution in [0, 0.1) is 41.4 Å². The lowest BCUT2D eigenvalue weighted by atomic mass is 9.91. The first-order valence-electron chi connectivity index (χ1n) is 34.1. The number of nitrogens with zero attached hydrogens (tertiary/aromatic N) is 7. The fourth-order valence-electron chi connectivity index (χ4n) is 11.9. The highest BCUT2D eigenvalue weighted by atomic mass is 32.2. The van der Waals surface area contributed by atoms with Gasteiger partial charge in [0.05, 0.1) is 18.8 Å². The van der Waals surface area contributed by atoms with Gasteiger partial charge in [0.1, 0.15) is 66.5 Å². The summed E-state index contributed by atoms with van der Waals surface area (Å²) in [6, 6.07) is -15.3. The monoisotopic (exact) mass is 1380 g/mol. The van der Waals surface area contributed by atoms with Crippen molar-refractivity contribution in [2.45, 2.75) is 235 Å². The van der Waals surface area contributed by atoms with Crippen molar-refractivity contribution in [1.82, 2.24) is 60.9 Å². The number of carbonyl (C=O) groups is 12. The van der Waals surface area contributed by atoms with Gasteiger partial charge in [-0.1, -0.05) is 95.2 Å². The normalized spacial score (nSPS) is 27.4. The molecule has 28 heteroatoms. The van der Waals surface area contributed by atoms with E-state index >= 15 is 19.2 Å². The molecule has 96 heavy (non-hydrogen) atoms. The maximum atomic E-state index is 15.3. The number of ether oxygens (including phenoxy) is 1. The van der Waals surface area contributed by atoms with E-state index in [4.69, 9.17) is 4.74 Å². The van der Waals surface area contributed by atoms with Crippen LogP contribution in [0.15, 0.2) is 12.2 Å². The molecule has 0 aromatic heterocycles. The van der Waals surface area contributed by atoms with Gasteiger partial charge in [-0.05, 0) is 115 Å². The van der Waals surface area contributed by atoms with Gasteiger partial charge >= 0.3 is 6.09 Å². The Morgan fingerprint density at radius 3 is 1.39 bits per heavy atom. The Hall–Kier alpha value is -6.55. The zero-order valence-electron chi connectivity index (χ0n) is 61.7. The fraction of sp³-hybridized carbons (Fsp3) is 0.794. The van der Waals surface area contributed by atoms with Crippen LogP contribution in [0.2, 0.25) is 0 Å². The van der Waals surface area contributed by atoms with Crippen molar-refractivity contribution < 1.29 is 72.5 Å². The minimum Gasteiger partial charge on any atom is -0.449 e. The van der Waals surface area contributed by atoms with Crippen LogP contribution in [0.4, 0.5) is 4.79 Å². The fourth-order valence-corrected chi connectivity index (χ4v) is 12.8. The Balaban J connectivity index is 3.05. The zero-order valence-corrected chi connectivity index (χ0v) is 62.5. The Morgan fingerprint density at radius 1 is 0.500 bits per heavy atom. The number of aliphatic hydroxyl groups is 2. The van der Waals surface area contributed by atoms with E-state index in [0.29, 0.717) is 13.1 Å². The second-order valence-corrected chi connectivity index (χ2v) is 29.9. The molecule has 548 valence electrons. The first kappa shape index (κ1) is 85.5. The lowest BCUT2D eigenvalue weighted by Gasteiger charge is -2.40. The molecular weight excluding hydrogens is 1260 g/mol. The van der Waals surface area contributed by atoms with Crippen molar-refractivity contribution in [1.29, 1.82) is 0 Å². The number of hydrogen-bond donors (Lipinski definition) is 7. The number of rotatable bonds is 18. The highest BCUT2D eigenvalue weighted by Crippen LogP contribution is 2.25. The maximum absolute atomic E-state index is 15.3. The van der Waals surface area contributed by atoms with Crippen LogP contribution in [-0.2, 0) is 57.5 Å². The quantitative estimate of drug-likeness (QED) is 0.0971. The minimum absolute atomic E-state index is 0.0233. The predicted octanol–water partition coefficient (Wildman–Crippen LogP) is 2.84. The average Bonchev–Trinajstić information content (AvgIpc) is 0.812. The van der Waals surface area contributed by atoms with E-state index in [1.54, 1.807) is 63.4 Å². The van der Waals surface area contributed by atoms with Gasteiger partial charge < -0.3 is 75.8 Å². The average molecular weight is 1380 g/mol. The van der Waals surface area contributed by atoms with Gasteiger partial charge in [-0.2, -0.15) is 11.8 Å². The first-order valence-corrected chi connectivity index (χ1v) is 35.3. The van der Waals surface area contributed by atoms with Gasteiger partial charge in [0.25, 0.3) is 0 Å². The number of aliphatic hydroxyl groups excluding tert-OH is 2. The summed E-state index contributed by atoms with van der Waals surface area (Å²) in [5.74, 6) is -10.0. The molecular formula is C68H120N12O15S. The van der Waals surface area contributed by atoms with Crippen LogP contribution in [-0.4, -0.2) is 268 Å². The van der Waals surface area contributed by atoms with Crippen molar-refractivity contribution in [2.24, 2.45) is 41.4 Å². The molecule has 27 nitrogen and oxygen atoms in total. The van der Waals surface area contributed by atoms with Crippen molar-refractivity contribution in [3.05, 3.63) is 12.2 Å². The Kier molecular flexibility index (Phi) is 35.4. The van der Waals surface area contributed by atoms with Crippen LogP contribution >= 0.6 is 11.8 Å². The summed E-state index contributed by atoms with van der Waals surface area (Å²) in [6.07, 6.45) is 0.147. The second kappa shape index (κ2) is 39.7. The summed E-state index contributed by atoms with van der Waals surface area (Å²) in [5.41, 5.74) is 0. The highest BCUT2D eigenvalue weighted by molar-refractivity contribution is 7.99. The van der Waals surface area contributed by atoms with E-state index in [0.717, 1.165) is 31.1 Å². The van der Waals surface area contributed by atoms with Crippen molar-refractivity contribution in [3.63, 3.8) is 0 Å². The number of nitrogens with one attached hydrogen (secondary N) is 5. The molecule has 2 fully saturated rings. The lowest BCUT2D eigenvalue weighted by molar-refractivity contribution is -0.155. The van der Waals surface area contributed by atoms with E-state index in [1.807, 2.05) is 55.4 Å². The number of likely N-dealkylation sites (N-methyl/N-ethyl adjacent to an activating group) is 6. The molecule has 0 aromatic carbocycles. The third-order valence-corrected chi connectivity index (χ3v) is 18.9. The molecule has 0 aromatic rings. The summed E-state index contributed by atoms with van der Waals surface area (Å²) in [6.45, 7) is 29.4. The van der Waals surface area contributed by atoms with E-state index in [-0.39, 0.29) is 68.8 Å². The SMILES string of the molecule is C/C=C/C[C@@H](C)[C@@H](O)[C@H]1C(=O)N[C@@H](C(C)O)C(=O)N(C)[C@@H](C)C(=O)N(C)[C@@H](CC(C)C)C(=O)N[C@@H](CC(C)C)C(=O)N(C)[C@@H](CC(C)C)C(=O)N[C@@H](C)C(=O)N[C@H](C)C(=O)N(C)[C@@H](C[C@H](C)COC(=O)N2CCSCC2)C(=O)N[C@@H](CC(C)C)C(=O)N(C)[C@@H](C(C)C)C(=O)N1C. The van der Waals surface area contributed by atoms with Crippen molar-refractivity contribution in [2.75, 3.05) is 73.5 Å². The van der Waals surface area contributed by atoms with Gasteiger partial charge in [0.15, 0.2) is 0 Å². The molecule has 2 aliphatic heterocycles. The smallest absolute Gasteiger partial charge is 0.409 e. The van der Waals surface area contributed by atoms with Gasteiger partial charge in [-0.25, -0.2) is 4.79 Å². The molecule has 2 rings (SSSR count). The molecule has 0 saturated carbocycles. The van der Waals surface area contributed by atoms with Gasteiger partial charge in [0, 0.05) is 66.9 Å². The second-order valence-electron chi connectivity index (χ2n) is 28.7. The molecule has 15 atom stereocenters. The highest BCUT2D eigenvalue weighted by Gasteiger charge is 2.46. The van der Waals surface area contributed by atoms with E-state index in [9.17, 15) is 48.6 Å². The first-order chi connectivity index (χ1) is 44.5. The van der Waals surface area contributed by atoms with E-state index < -0.39 is 167 Å². The third-order valence-electron chi connectivity index (χ3n) is 17.9. The molecule has 1 unspecified atom stereocenters. The van der Waals surface area contributed by atoms with Crippen LogP contribution in [0.3, 0.4) is 0 Å². The molecule has 0 radical (unpaired) electrons. The summed E-state index contributed by atoms with van der Waals surface area (Å²) in [4.78, 5) is 184. The lowest BCUT2D eigenvalue weighted by Crippen LogP contribution is -2.65. The predicted molar refractivity (Wildman–Crippen MR) is 369 cm³/mol. The summed E-state index contributed by atoms with van der Waals surface area (Å²) < 4.78 is 5.72. The summed E-state index contributed by atoms with van der Waals surface area (Å²) in [5, 5.41) is 37.2. The Bertz CT molecular complexity index is 2670. The topological polar surface area (TPSA) is 337 Å². The number of hydrogen-bond acceptors (Lipinski definition) is 16. The standard InChI is InChI=1S/C68H120N12O15S/c1-24-25-26-43(13)56(82)55-61(87)73-53(47(17)81)66(92)74(18)46(16)63(89)76(20)51(34-40(8)9)59(85)71-48(31-37(2)3)64(90)77(21)50(33-39(6)7)58(84)69-44(14)57(83)70-45(15)62(88)75(19)52(35-42(12)36-95-68(94)80-27-29-96-30-28-80)60(86)72-49(32-38(4)5)65(91)78(22)54(41(10)11)67(93)79(55)23/h24-25,37-56,81-82H,26-36H2,1-23H3,(H,69,84)(H,70,83)(H,71,85)(H,72,86)(H,73,87)/b25-24+/t42-,43+,44-,45+,46-,47?,48-,49-,50-,51-,52-,53-,54-,55-,56+/m0/s1. The van der Waals surface area contributed by atoms with E-state index in [1.165, 1.54) is 79.8 Å². The molecule has 0 aliphatic carbocycles. The number of amides is 12. The molecule has 0 bridgehead atoms. The summed E-state index contributed by atoms with van der Waals surface area (Å²) in [7, 11) is 8.06. The Morgan fingerprint density at radius 2 is 0.927 bits per heavy atom.